The lowest BCUT2D eigenvalue weighted by Gasteiger charge is -2.33. The van der Waals surface area contributed by atoms with Crippen molar-refractivity contribution in [2.75, 3.05) is 12.0 Å². The van der Waals surface area contributed by atoms with Crippen molar-refractivity contribution >= 4 is 80.3 Å². The number of amides is 7. The Labute approximate surface area is 408 Å². The van der Waals surface area contributed by atoms with Crippen LogP contribution in [0.25, 0.3) is 10.9 Å². The molecule has 1 saturated carbocycles. The van der Waals surface area contributed by atoms with Crippen molar-refractivity contribution < 1.29 is 61.5 Å². The van der Waals surface area contributed by atoms with Gasteiger partial charge in [-0.05, 0) is 72.1 Å². The number of aromatic nitrogens is 1. The number of nitrogens with two attached hydrogens (primary N) is 1. The number of H-pyrrole nitrogens is 1. The third kappa shape index (κ3) is 16.3. The van der Waals surface area contributed by atoms with Crippen molar-refractivity contribution in [3.05, 3.63) is 102 Å². The highest BCUT2D eigenvalue weighted by Crippen LogP contribution is 2.28. The molecule has 0 spiro atoms. The normalized spacial score (nSPS) is 16.8. The van der Waals surface area contributed by atoms with Crippen molar-refractivity contribution in [1.82, 2.24) is 36.9 Å². The number of para-hydroxylation sites is 1. The van der Waals surface area contributed by atoms with E-state index in [9.17, 15) is 61.5 Å². The van der Waals surface area contributed by atoms with Crippen LogP contribution in [0.4, 0.5) is 4.79 Å². The zero-order valence-electron chi connectivity index (χ0n) is 38.2. The van der Waals surface area contributed by atoms with Crippen LogP contribution in [0.5, 0.6) is 0 Å². The van der Waals surface area contributed by atoms with Crippen LogP contribution in [0.1, 0.15) is 61.6 Å². The number of thioether (sulfide) groups is 1. The molecule has 7 amide bonds. The molecule has 3 aromatic carbocycles. The third-order valence-corrected chi connectivity index (χ3v) is 13.4. The second-order valence-corrected chi connectivity index (χ2v) is 19.4. The van der Waals surface area contributed by atoms with Crippen molar-refractivity contribution in [1.29, 1.82) is 0 Å². The van der Waals surface area contributed by atoms with Crippen LogP contribution in [-0.2, 0) is 62.9 Å². The van der Waals surface area contributed by atoms with Crippen molar-refractivity contribution in [2.45, 2.75) is 105 Å². The number of carboxylic acid groups (broad SMARTS) is 2. The van der Waals surface area contributed by atoms with Gasteiger partial charge in [0.05, 0.1) is 11.3 Å². The van der Waals surface area contributed by atoms with Gasteiger partial charge in [-0.1, -0.05) is 73.5 Å². The molecule has 4 aromatic rings. The Morgan fingerprint density at radius 3 is 1.94 bits per heavy atom. The maximum atomic E-state index is 14.4. The lowest BCUT2D eigenvalue weighted by molar-refractivity contribution is -0.141. The van der Waals surface area contributed by atoms with Gasteiger partial charge in [0.15, 0.2) is 0 Å². The monoisotopic (exact) mass is 1010 g/mol. The minimum Gasteiger partial charge on any atom is -0.481 e. The number of primary amides is 1. The van der Waals surface area contributed by atoms with Crippen LogP contribution in [0, 0.1) is 5.92 Å². The molecule has 5 rings (SSSR count). The first-order valence-electron chi connectivity index (χ1n) is 22.5. The van der Waals surface area contributed by atoms with Crippen LogP contribution in [0.2, 0.25) is 0 Å². The summed E-state index contributed by atoms with van der Waals surface area (Å²) in [4.78, 5) is 108. The van der Waals surface area contributed by atoms with E-state index < -0.39 is 106 Å². The summed E-state index contributed by atoms with van der Waals surface area (Å²) in [6, 6.07) is 13.4. The van der Waals surface area contributed by atoms with E-state index in [1.165, 1.54) is 23.9 Å². The maximum Gasteiger partial charge on any atom is 0.405 e. The van der Waals surface area contributed by atoms with E-state index in [1.54, 1.807) is 48.9 Å². The summed E-state index contributed by atoms with van der Waals surface area (Å²) in [7, 11) is -4.49. The number of fused-ring (bicyclic) bond motifs is 1. The molecule has 1 heterocycles. The van der Waals surface area contributed by atoms with E-state index in [0.29, 0.717) is 48.1 Å². The van der Waals surface area contributed by atoms with Crippen LogP contribution < -0.4 is 37.6 Å². The Morgan fingerprint density at radius 2 is 1.29 bits per heavy atom. The van der Waals surface area contributed by atoms with Gasteiger partial charge < -0.3 is 52.8 Å². The quantitative estimate of drug-likeness (QED) is 0.0422. The molecule has 12 N–H and O–H groups in total. The number of hydrogen-bond acceptors (Lipinski definition) is 11. The molecule has 23 heteroatoms. The zero-order chi connectivity index (χ0) is 51.0. The second-order valence-electron chi connectivity index (χ2n) is 17.0. The number of rotatable bonds is 25. The number of aliphatic carboxylic acids is 1. The highest BCUT2D eigenvalue weighted by molar-refractivity contribution is 7.98. The number of hydrogen-bond donors (Lipinski definition) is 11. The van der Waals surface area contributed by atoms with E-state index in [1.807, 2.05) is 18.2 Å². The average Bonchev–Trinajstić information content (AvgIpc) is 3.72. The van der Waals surface area contributed by atoms with Crippen molar-refractivity contribution in [3.63, 3.8) is 0 Å². The fourth-order valence-electron chi connectivity index (χ4n) is 8.32. The summed E-state index contributed by atoms with van der Waals surface area (Å²) in [5, 5.41) is 35.5. The van der Waals surface area contributed by atoms with Crippen LogP contribution in [-0.4, -0.2) is 124 Å². The molecule has 0 radical (unpaired) electrons. The summed E-state index contributed by atoms with van der Waals surface area (Å²) >= 11 is 1.36. The SMILES string of the molecule is CSCC[C@H](NC(=O)[C@H](Cc1c[nH]c2ccccc12)NC(=O)C[C@@H]1CCCC[C@@H]1NC(=O)[C@H](Cc1ccc(S(=O)(=O)O)cc1)NC(=O)O)C(=O)N[C@@H](CC(=O)O)C(=O)N[C@@H](Cc1ccccc1)C(N)=O. The van der Waals surface area contributed by atoms with Gasteiger partial charge in [-0.25, -0.2) is 4.79 Å². The standard InChI is InChI=1S/C47H58N8O13S2/c1-69-20-19-35(43(60)54-39(25-41(57)58)46(63)53-36(42(48)59)21-27-9-3-2-4-10-27)52-45(62)38(23-30-26-49-34-14-8-6-12-32(30)34)50-40(56)24-29-11-5-7-13-33(29)51-44(61)37(55-47(64)65)22-28-15-17-31(18-16-28)70(66,67)68/h2-4,6,8-10,12,14-18,26,29,33,35-39,49,55H,5,7,11,13,19-25H2,1H3,(H2,48,59)(H,50,56)(H,51,61)(H,52,62)(H,53,63)(H,54,60)(H,57,58)(H,64,65)(H,66,67,68)/t29-,33-,35-,36-,37-,38-,39-/m0/s1. The van der Waals surface area contributed by atoms with E-state index in [0.717, 1.165) is 23.0 Å². The van der Waals surface area contributed by atoms with E-state index >= 15 is 0 Å². The smallest absolute Gasteiger partial charge is 0.405 e. The molecule has 0 bridgehead atoms. The number of carboxylic acids is 1. The fourth-order valence-corrected chi connectivity index (χ4v) is 9.27. The third-order valence-electron chi connectivity index (χ3n) is 11.9. The summed E-state index contributed by atoms with van der Waals surface area (Å²) in [6.07, 6.45) is 3.12. The Morgan fingerprint density at radius 1 is 0.700 bits per heavy atom. The van der Waals surface area contributed by atoms with Gasteiger partial charge in [-0.3, -0.25) is 38.1 Å². The van der Waals surface area contributed by atoms with Gasteiger partial charge in [0.1, 0.15) is 30.2 Å². The molecule has 1 aliphatic carbocycles. The number of nitrogens with one attached hydrogen (secondary N) is 7. The van der Waals surface area contributed by atoms with E-state index in [2.05, 4.69) is 36.9 Å². The average molecular weight is 1010 g/mol. The highest BCUT2D eigenvalue weighted by atomic mass is 32.2. The topological polar surface area (TPSA) is 345 Å². The molecule has 1 aromatic heterocycles. The number of carbonyl (C=O) groups excluding carboxylic acids is 6. The molecule has 376 valence electrons. The Kier molecular flexibility index (Phi) is 19.7. The zero-order valence-corrected chi connectivity index (χ0v) is 39.9. The van der Waals surface area contributed by atoms with Crippen LogP contribution in [0.15, 0.2) is 90.0 Å². The summed E-state index contributed by atoms with van der Waals surface area (Å²) in [5.74, 6) is -6.34. The first-order valence-corrected chi connectivity index (χ1v) is 25.3. The van der Waals surface area contributed by atoms with Gasteiger partial charge in [0, 0.05) is 48.8 Å². The van der Waals surface area contributed by atoms with Crippen molar-refractivity contribution in [2.24, 2.45) is 11.7 Å². The molecular weight excluding hydrogens is 949 g/mol. The second kappa shape index (κ2) is 25.6. The van der Waals surface area contributed by atoms with Gasteiger partial charge >= 0.3 is 12.1 Å². The molecule has 21 nitrogen and oxygen atoms in total. The maximum absolute atomic E-state index is 14.4. The number of aromatic amines is 1. The number of carbonyl (C=O) groups is 8. The molecule has 1 fully saturated rings. The Bertz CT molecular complexity index is 2610. The lowest BCUT2D eigenvalue weighted by Crippen LogP contribution is -2.59. The number of benzene rings is 3. The van der Waals surface area contributed by atoms with Crippen LogP contribution in [0.3, 0.4) is 0 Å². The van der Waals surface area contributed by atoms with E-state index in [4.69, 9.17) is 5.73 Å². The van der Waals surface area contributed by atoms with Gasteiger partial charge in [-0.2, -0.15) is 20.2 Å². The predicted molar refractivity (Wildman–Crippen MR) is 258 cm³/mol. The molecule has 1 aliphatic rings. The highest BCUT2D eigenvalue weighted by Gasteiger charge is 2.35. The molecule has 0 unspecified atom stereocenters. The Hall–Kier alpha value is -6.98. The molecule has 0 saturated heterocycles. The summed E-state index contributed by atoms with van der Waals surface area (Å²) in [6.45, 7) is 0. The summed E-state index contributed by atoms with van der Waals surface area (Å²) in [5.41, 5.74) is 8.06. The molecule has 7 atom stereocenters. The summed E-state index contributed by atoms with van der Waals surface area (Å²) < 4.78 is 32.4. The van der Waals surface area contributed by atoms with Gasteiger partial charge in [-0.15, -0.1) is 0 Å². The van der Waals surface area contributed by atoms with E-state index in [-0.39, 0.29) is 37.0 Å². The fraction of sp³-hybridized carbons (Fsp3) is 0.404. The molecular formula is C47H58N8O13S2. The van der Waals surface area contributed by atoms with Gasteiger partial charge in [0.2, 0.25) is 35.4 Å². The first-order chi connectivity index (χ1) is 33.3. The lowest BCUT2D eigenvalue weighted by atomic mass is 9.82. The Balaban J connectivity index is 1.32. The largest absolute Gasteiger partial charge is 0.481 e. The van der Waals surface area contributed by atoms with Crippen LogP contribution >= 0.6 is 11.8 Å². The van der Waals surface area contributed by atoms with Gasteiger partial charge in [0.25, 0.3) is 10.1 Å². The predicted octanol–water partition coefficient (Wildman–Crippen LogP) is 1.80. The molecule has 0 aliphatic heterocycles. The first kappa shape index (κ1) is 54.0. The minimum atomic E-state index is -4.49. The molecule has 70 heavy (non-hydrogen) atoms. The minimum absolute atomic E-state index is 0.00641. The van der Waals surface area contributed by atoms with Crippen molar-refractivity contribution in [3.8, 4) is 0 Å².